The number of alkyl halides is 1. The largest absolute Gasteiger partial charge is 0.359 e. The van der Waals surface area contributed by atoms with Crippen molar-refractivity contribution >= 4 is 11.6 Å². The fourth-order valence-electron chi connectivity index (χ4n) is 1.19. The van der Waals surface area contributed by atoms with Gasteiger partial charge >= 0.3 is 0 Å². The molecule has 1 aliphatic heterocycles. The summed E-state index contributed by atoms with van der Waals surface area (Å²) in [5.74, 6) is 0. The van der Waals surface area contributed by atoms with Gasteiger partial charge in [-0.05, 0) is 19.3 Å². The maximum atomic E-state index is 6.08. The molecule has 1 heterocycles. The van der Waals surface area contributed by atoms with E-state index in [0.29, 0.717) is 0 Å². The SMILES string of the molecule is C=CCC1(Cl)CCCCO1. The van der Waals surface area contributed by atoms with Crippen molar-refractivity contribution in [3.8, 4) is 0 Å². The van der Waals surface area contributed by atoms with Gasteiger partial charge in [0.2, 0.25) is 0 Å². The van der Waals surface area contributed by atoms with Gasteiger partial charge in [-0.2, -0.15) is 0 Å². The van der Waals surface area contributed by atoms with Crippen molar-refractivity contribution in [2.24, 2.45) is 0 Å². The molecule has 0 aromatic carbocycles. The predicted octanol–water partition coefficient (Wildman–Crippen LogP) is 2.70. The van der Waals surface area contributed by atoms with E-state index in [9.17, 15) is 0 Å². The summed E-state index contributed by atoms with van der Waals surface area (Å²) in [7, 11) is 0. The van der Waals surface area contributed by atoms with E-state index < -0.39 is 5.06 Å². The van der Waals surface area contributed by atoms with Crippen LogP contribution >= 0.6 is 11.6 Å². The first-order valence-corrected chi connectivity index (χ1v) is 4.08. The molecule has 0 saturated carbocycles. The van der Waals surface area contributed by atoms with Crippen molar-refractivity contribution in [1.82, 2.24) is 0 Å². The molecular formula is C8H13ClO. The zero-order chi connectivity index (χ0) is 7.45. The Bertz CT molecular complexity index is 116. The normalized spacial score (nSPS) is 33.7. The van der Waals surface area contributed by atoms with E-state index in [1.807, 2.05) is 6.08 Å². The summed E-state index contributed by atoms with van der Waals surface area (Å²) in [5, 5.41) is -0.417. The van der Waals surface area contributed by atoms with Gasteiger partial charge in [0.15, 0.2) is 0 Å². The van der Waals surface area contributed by atoms with Crippen LogP contribution in [0, 0.1) is 0 Å². The van der Waals surface area contributed by atoms with Crippen LogP contribution in [0.25, 0.3) is 0 Å². The molecule has 1 unspecified atom stereocenters. The van der Waals surface area contributed by atoms with Crippen molar-refractivity contribution in [2.75, 3.05) is 6.61 Å². The Morgan fingerprint density at radius 3 is 2.90 bits per heavy atom. The zero-order valence-electron chi connectivity index (χ0n) is 6.11. The van der Waals surface area contributed by atoms with Crippen LogP contribution in [0.15, 0.2) is 12.7 Å². The van der Waals surface area contributed by atoms with Crippen LogP contribution in [0.3, 0.4) is 0 Å². The number of hydrogen-bond acceptors (Lipinski definition) is 1. The average molecular weight is 161 g/mol. The Balaban J connectivity index is 2.39. The number of hydrogen-bond donors (Lipinski definition) is 0. The molecule has 0 spiro atoms. The van der Waals surface area contributed by atoms with Gasteiger partial charge in [-0.1, -0.05) is 17.7 Å². The van der Waals surface area contributed by atoms with Crippen LogP contribution in [-0.2, 0) is 4.74 Å². The molecule has 0 radical (unpaired) electrons. The molecule has 0 aromatic rings. The average Bonchev–Trinajstić information content (AvgIpc) is 1.89. The molecule has 0 bridgehead atoms. The molecule has 2 heteroatoms. The fraction of sp³-hybridized carbons (Fsp3) is 0.750. The number of ether oxygens (including phenoxy) is 1. The first-order valence-electron chi connectivity index (χ1n) is 3.71. The van der Waals surface area contributed by atoms with E-state index in [2.05, 4.69) is 6.58 Å². The molecule has 10 heavy (non-hydrogen) atoms. The van der Waals surface area contributed by atoms with E-state index in [1.165, 1.54) is 6.42 Å². The molecule has 0 amide bonds. The predicted molar refractivity (Wildman–Crippen MR) is 43.2 cm³/mol. The lowest BCUT2D eigenvalue weighted by Gasteiger charge is -2.30. The first-order chi connectivity index (χ1) is 4.77. The Hall–Kier alpha value is -0.0100. The summed E-state index contributed by atoms with van der Waals surface area (Å²) in [6, 6.07) is 0. The highest BCUT2D eigenvalue weighted by molar-refractivity contribution is 6.23. The molecule has 1 aliphatic rings. The third-order valence-corrected chi connectivity index (χ3v) is 2.21. The third-order valence-electron chi connectivity index (χ3n) is 1.75. The van der Waals surface area contributed by atoms with E-state index in [-0.39, 0.29) is 0 Å². The Labute approximate surface area is 67.0 Å². The van der Waals surface area contributed by atoms with Gasteiger partial charge in [0, 0.05) is 13.0 Å². The van der Waals surface area contributed by atoms with Gasteiger partial charge in [0.25, 0.3) is 0 Å². The highest BCUT2D eigenvalue weighted by Crippen LogP contribution is 2.32. The molecule has 1 saturated heterocycles. The van der Waals surface area contributed by atoms with Gasteiger partial charge in [-0.15, -0.1) is 6.58 Å². The summed E-state index contributed by atoms with van der Waals surface area (Å²) >= 11 is 6.08. The van der Waals surface area contributed by atoms with Gasteiger partial charge < -0.3 is 4.74 Å². The second-order valence-corrected chi connectivity index (χ2v) is 3.37. The lowest BCUT2D eigenvalue weighted by Crippen LogP contribution is -2.29. The van der Waals surface area contributed by atoms with E-state index in [0.717, 1.165) is 25.9 Å². The number of halogens is 1. The number of rotatable bonds is 2. The summed E-state index contributed by atoms with van der Waals surface area (Å²) in [5.41, 5.74) is 0. The second-order valence-electron chi connectivity index (χ2n) is 2.68. The zero-order valence-corrected chi connectivity index (χ0v) is 6.86. The monoisotopic (exact) mass is 160 g/mol. The summed E-state index contributed by atoms with van der Waals surface area (Å²) in [6.07, 6.45) is 5.86. The van der Waals surface area contributed by atoms with Crippen LogP contribution in [0.5, 0.6) is 0 Å². The maximum absolute atomic E-state index is 6.08. The van der Waals surface area contributed by atoms with Crippen LogP contribution in [-0.4, -0.2) is 11.7 Å². The second kappa shape index (κ2) is 3.40. The standard InChI is InChI=1S/C8H13ClO/c1-2-5-8(9)6-3-4-7-10-8/h2H,1,3-7H2. The lowest BCUT2D eigenvalue weighted by molar-refractivity contribution is -0.0145. The molecule has 1 fully saturated rings. The van der Waals surface area contributed by atoms with Gasteiger partial charge in [-0.3, -0.25) is 0 Å². The first kappa shape index (κ1) is 8.09. The van der Waals surface area contributed by atoms with E-state index in [1.54, 1.807) is 0 Å². The highest BCUT2D eigenvalue weighted by atomic mass is 35.5. The maximum Gasteiger partial charge on any atom is 0.145 e. The molecule has 1 rings (SSSR count). The highest BCUT2D eigenvalue weighted by Gasteiger charge is 2.28. The molecular weight excluding hydrogens is 148 g/mol. The van der Waals surface area contributed by atoms with Gasteiger partial charge in [0.05, 0.1) is 0 Å². The van der Waals surface area contributed by atoms with Gasteiger partial charge in [0.1, 0.15) is 5.06 Å². The van der Waals surface area contributed by atoms with E-state index >= 15 is 0 Å². The Kier molecular flexibility index (Phi) is 2.75. The summed E-state index contributed by atoms with van der Waals surface area (Å²) in [6.45, 7) is 4.44. The van der Waals surface area contributed by atoms with Crippen molar-refractivity contribution in [3.63, 3.8) is 0 Å². The van der Waals surface area contributed by atoms with E-state index in [4.69, 9.17) is 16.3 Å². The molecule has 1 nitrogen and oxygen atoms in total. The molecule has 0 aromatic heterocycles. The molecule has 1 atom stereocenters. The lowest BCUT2D eigenvalue weighted by atomic mass is 10.1. The van der Waals surface area contributed by atoms with Crippen LogP contribution in [0.4, 0.5) is 0 Å². The Morgan fingerprint density at radius 1 is 1.60 bits per heavy atom. The minimum Gasteiger partial charge on any atom is -0.359 e. The Morgan fingerprint density at radius 2 is 2.40 bits per heavy atom. The van der Waals surface area contributed by atoms with Crippen LogP contribution in [0.2, 0.25) is 0 Å². The minimum atomic E-state index is -0.417. The third kappa shape index (κ3) is 1.99. The van der Waals surface area contributed by atoms with Crippen molar-refractivity contribution < 1.29 is 4.74 Å². The quantitative estimate of drug-likeness (QED) is 0.446. The topological polar surface area (TPSA) is 9.23 Å². The summed E-state index contributed by atoms with van der Waals surface area (Å²) in [4.78, 5) is 0. The molecule has 58 valence electrons. The van der Waals surface area contributed by atoms with Crippen LogP contribution in [0.1, 0.15) is 25.7 Å². The van der Waals surface area contributed by atoms with Crippen molar-refractivity contribution in [2.45, 2.75) is 30.7 Å². The minimum absolute atomic E-state index is 0.417. The van der Waals surface area contributed by atoms with Crippen LogP contribution < -0.4 is 0 Å². The van der Waals surface area contributed by atoms with Gasteiger partial charge in [-0.25, -0.2) is 0 Å². The molecule has 0 N–H and O–H groups in total. The van der Waals surface area contributed by atoms with Crippen molar-refractivity contribution in [3.05, 3.63) is 12.7 Å². The molecule has 0 aliphatic carbocycles. The summed E-state index contributed by atoms with van der Waals surface area (Å²) < 4.78 is 5.40. The van der Waals surface area contributed by atoms with Crippen molar-refractivity contribution in [1.29, 1.82) is 0 Å². The smallest absolute Gasteiger partial charge is 0.145 e. The fourth-order valence-corrected chi connectivity index (χ4v) is 1.51.